The van der Waals surface area contributed by atoms with Gasteiger partial charge in [0.25, 0.3) is 0 Å². The van der Waals surface area contributed by atoms with E-state index in [1.165, 1.54) is 25.7 Å². The number of nitrogens with zero attached hydrogens (tertiary/aromatic N) is 2. The van der Waals surface area contributed by atoms with Crippen molar-refractivity contribution >= 4 is 11.8 Å². The molecule has 4 nitrogen and oxygen atoms in total. The highest BCUT2D eigenvalue weighted by molar-refractivity contribution is 5.89. The zero-order valence-corrected chi connectivity index (χ0v) is 14.2. The van der Waals surface area contributed by atoms with Crippen LogP contribution in [0.4, 0.5) is 0 Å². The van der Waals surface area contributed by atoms with E-state index in [2.05, 4.69) is 9.80 Å². The molecule has 0 unspecified atom stereocenters. The molecule has 2 heterocycles. The maximum absolute atomic E-state index is 13.1. The van der Waals surface area contributed by atoms with Crippen LogP contribution in [0.3, 0.4) is 0 Å². The Morgan fingerprint density at radius 2 is 1.00 bits per heavy atom. The Labute approximate surface area is 139 Å². The Bertz CT molecular complexity index is 424. The highest BCUT2D eigenvalue weighted by atomic mass is 16.2. The number of fused-ring (bicyclic) bond motifs is 2. The third-order valence-corrected chi connectivity index (χ3v) is 6.82. The largest absolute Gasteiger partial charge is 0.342 e. The van der Waals surface area contributed by atoms with Gasteiger partial charge in [0.1, 0.15) is 0 Å². The summed E-state index contributed by atoms with van der Waals surface area (Å²) >= 11 is 0. The maximum atomic E-state index is 13.1. The van der Waals surface area contributed by atoms with Gasteiger partial charge in [-0.1, -0.05) is 0 Å². The molecule has 2 aliphatic heterocycles. The number of carbonyl (C=O) groups excluding carboxylic acids is 2. The van der Waals surface area contributed by atoms with Gasteiger partial charge in [-0.05, 0) is 69.6 Å². The molecule has 0 aromatic rings. The molecule has 4 rings (SSSR count). The standard InChI is InChI=1S/C19H30N2O2/c22-18(20-9-3-1-4-10-20)16-14-7-8-15(13-14)17(16)19(23)21-11-5-2-6-12-21/h14-17H,1-13H2/t14-,15-,16-,17-/m0/s1. The average molecular weight is 318 g/mol. The van der Waals surface area contributed by atoms with Crippen LogP contribution >= 0.6 is 0 Å². The van der Waals surface area contributed by atoms with Crippen LogP contribution in [0.5, 0.6) is 0 Å². The lowest BCUT2D eigenvalue weighted by atomic mass is 9.77. The van der Waals surface area contributed by atoms with Gasteiger partial charge in [-0.15, -0.1) is 0 Å². The van der Waals surface area contributed by atoms with Gasteiger partial charge in [-0.2, -0.15) is 0 Å². The molecule has 2 bridgehead atoms. The molecule has 0 aromatic heterocycles. The minimum absolute atomic E-state index is 0.00118. The number of rotatable bonds is 2. The Hall–Kier alpha value is -1.06. The maximum Gasteiger partial charge on any atom is 0.226 e. The van der Waals surface area contributed by atoms with E-state index in [-0.39, 0.29) is 11.8 Å². The number of hydrogen-bond donors (Lipinski definition) is 0. The summed E-state index contributed by atoms with van der Waals surface area (Å²) in [4.78, 5) is 30.4. The number of likely N-dealkylation sites (tertiary alicyclic amines) is 2. The number of piperidine rings is 2. The zero-order valence-electron chi connectivity index (χ0n) is 14.2. The molecule has 0 spiro atoms. The van der Waals surface area contributed by atoms with Gasteiger partial charge in [0, 0.05) is 26.2 Å². The SMILES string of the molecule is O=C([C@H]1[C@H]2CC[C@@H](C2)[C@@H]1C(=O)N1CCCCC1)N1CCCCC1. The second-order valence-electron chi connectivity index (χ2n) is 8.16. The summed E-state index contributed by atoms with van der Waals surface area (Å²) in [5.41, 5.74) is 0. The van der Waals surface area contributed by atoms with Crippen molar-refractivity contribution in [1.29, 1.82) is 0 Å². The van der Waals surface area contributed by atoms with Crippen LogP contribution in [0.2, 0.25) is 0 Å². The van der Waals surface area contributed by atoms with Gasteiger partial charge >= 0.3 is 0 Å². The second kappa shape index (κ2) is 6.45. The minimum atomic E-state index is 0.00118. The van der Waals surface area contributed by atoms with Crippen molar-refractivity contribution in [2.24, 2.45) is 23.7 Å². The van der Waals surface area contributed by atoms with Crippen molar-refractivity contribution in [3.63, 3.8) is 0 Å². The van der Waals surface area contributed by atoms with Crippen LogP contribution in [0.15, 0.2) is 0 Å². The topological polar surface area (TPSA) is 40.6 Å². The predicted molar refractivity (Wildman–Crippen MR) is 88.7 cm³/mol. The molecule has 2 amide bonds. The third-order valence-electron chi connectivity index (χ3n) is 6.82. The highest BCUT2D eigenvalue weighted by Gasteiger charge is 2.55. The first-order chi connectivity index (χ1) is 11.3. The summed E-state index contributed by atoms with van der Waals surface area (Å²) in [6.45, 7) is 3.66. The van der Waals surface area contributed by atoms with Crippen LogP contribution < -0.4 is 0 Å². The molecule has 2 saturated carbocycles. The molecule has 23 heavy (non-hydrogen) atoms. The lowest BCUT2D eigenvalue weighted by Gasteiger charge is -2.38. The third kappa shape index (κ3) is 2.78. The predicted octanol–water partition coefficient (Wildman–Crippen LogP) is 2.67. The molecule has 0 radical (unpaired) electrons. The van der Waals surface area contributed by atoms with Crippen LogP contribution in [0, 0.1) is 23.7 Å². The molecular weight excluding hydrogens is 288 g/mol. The fraction of sp³-hybridized carbons (Fsp3) is 0.895. The van der Waals surface area contributed by atoms with E-state index in [1.807, 2.05) is 0 Å². The van der Waals surface area contributed by atoms with Crippen molar-refractivity contribution in [3.05, 3.63) is 0 Å². The summed E-state index contributed by atoms with van der Waals surface area (Å²) in [5, 5.41) is 0. The van der Waals surface area contributed by atoms with E-state index in [0.717, 1.165) is 58.3 Å². The molecule has 4 atom stereocenters. The van der Waals surface area contributed by atoms with Crippen molar-refractivity contribution in [2.75, 3.05) is 26.2 Å². The van der Waals surface area contributed by atoms with Crippen LogP contribution in [-0.2, 0) is 9.59 Å². The highest BCUT2D eigenvalue weighted by Crippen LogP contribution is 2.53. The summed E-state index contributed by atoms with van der Waals surface area (Å²) in [7, 11) is 0. The molecular formula is C19H30N2O2. The van der Waals surface area contributed by atoms with Crippen LogP contribution in [0.1, 0.15) is 57.8 Å². The average Bonchev–Trinajstić information content (AvgIpc) is 3.23. The van der Waals surface area contributed by atoms with E-state index in [1.54, 1.807) is 0 Å². The van der Waals surface area contributed by atoms with E-state index in [0.29, 0.717) is 23.7 Å². The summed E-state index contributed by atoms with van der Waals surface area (Å²) in [6.07, 6.45) is 10.5. The Balaban J connectivity index is 1.51. The molecule has 0 aromatic carbocycles. The summed E-state index contributed by atoms with van der Waals surface area (Å²) in [6, 6.07) is 0. The molecule has 2 aliphatic carbocycles. The van der Waals surface area contributed by atoms with E-state index in [9.17, 15) is 9.59 Å². The van der Waals surface area contributed by atoms with Crippen molar-refractivity contribution in [3.8, 4) is 0 Å². The molecule has 128 valence electrons. The lowest BCUT2D eigenvalue weighted by Crippen LogP contribution is -2.49. The quantitative estimate of drug-likeness (QED) is 0.785. The van der Waals surface area contributed by atoms with Gasteiger partial charge in [0.15, 0.2) is 0 Å². The molecule has 4 fully saturated rings. The number of carbonyl (C=O) groups is 2. The smallest absolute Gasteiger partial charge is 0.226 e. The van der Waals surface area contributed by atoms with Gasteiger partial charge in [0.2, 0.25) is 11.8 Å². The second-order valence-corrected chi connectivity index (χ2v) is 8.16. The van der Waals surface area contributed by atoms with Crippen molar-refractivity contribution in [2.45, 2.75) is 57.8 Å². The van der Waals surface area contributed by atoms with Gasteiger partial charge < -0.3 is 9.80 Å². The molecule has 4 aliphatic rings. The summed E-state index contributed by atoms with van der Waals surface area (Å²) < 4.78 is 0. The molecule has 4 heteroatoms. The summed E-state index contributed by atoms with van der Waals surface area (Å²) in [5.74, 6) is 1.59. The lowest BCUT2D eigenvalue weighted by molar-refractivity contribution is -0.149. The minimum Gasteiger partial charge on any atom is -0.342 e. The van der Waals surface area contributed by atoms with Crippen molar-refractivity contribution in [1.82, 2.24) is 9.80 Å². The van der Waals surface area contributed by atoms with Gasteiger partial charge in [0.05, 0.1) is 11.8 Å². The van der Waals surface area contributed by atoms with E-state index < -0.39 is 0 Å². The van der Waals surface area contributed by atoms with Crippen LogP contribution in [0.25, 0.3) is 0 Å². The number of hydrogen-bond acceptors (Lipinski definition) is 2. The van der Waals surface area contributed by atoms with E-state index >= 15 is 0 Å². The van der Waals surface area contributed by atoms with Gasteiger partial charge in [-0.3, -0.25) is 9.59 Å². The Morgan fingerprint density at radius 3 is 1.39 bits per heavy atom. The Kier molecular flexibility index (Phi) is 4.33. The fourth-order valence-electron chi connectivity index (χ4n) is 5.65. The first-order valence-corrected chi connectivity index (χ1v) is 9.83. The zero-order chi connectivity index (χ0) is 15.8. The monoisotopic (exact) mass is 318 g/mol. The molecule has 2 saturated heterocycles. The fourth-order valence-corrected chi connectivity index (χ4v) is 5.65. The first-order valence-electron chi connectivity index (χ1n) is 9.83. The van der Waals surface area contributed by atoms with E-state index in [4.69, 9.17) is 0 Å². The van der Waals surface area contributed by atoms with Gasteiger partial charge in [-0.25, -0.2) is 0 Å². The molecule has 0 N–H and O–H groups in total. The normalized spacial score (nSPS) is 37.2. The first kappa shape index (κ1) is 15.5. The van der Waals surface area contributed by atoms with Crippen LogP contribution in [-0.4, -0.2) is 47.8 Å². The number of amides is 2. The van der Waals surface area contributed by atoms with Crippen molar-refractivity contribution < 1.29 is 9.59 Å². The Morgan fingerprint density at radius 1 is 0.609 bits per heavy atom.